The topological polar surface area (TPSA) is 64.0 Å². The zero-order valence-electron chi connectivity index (χ0n) is 13.2. The molecule has 2 heterocycles. The first-order valence-corrected chi connectivity index (χ1v) is 8.15. The molecule has 23 heavy (non-hydrogen) atoms. The lowest BCUT2D eigenvalue weighted by Gasteiger charge is -2.13. The summed E-state index contributed by atoms with van der Waals surface area (Å²) in [7, 11) is 0. The van der Waals surface area contributed by atoms with Crippen LogP contribution in [0.2, 0.25) is 0 Å². The summed E-state index contributed by atoms with van der Waals surface area (Å²) < 4.78 is 1.52. The summed E-state index contributed by atoms with van der Waals surface area (Å²) in [5.74, 6) is -0.255. The highest BCUT2D eigenvalue weighted by molar-refractivity contribution is 7.13. The van der Waals surface area contributed by atoms with Crippen molar-refractivity contribution in [1.29, 1.82) is 0 Å². The molecule has 0 aliphatic carbocycles. The number of benzene rings is 1. The number of anilines is 1. The van der Waals surface area contributed by atoms with Gasteiger partial charge in [0.1, 0.15) is 6.54 Å². The molecular formula is C17H17N3O2S. The molecule has 0 aliphatic rings. The van der Waals surface area contributed by atoms with E-state index in [0.29, 0.717) is 5.13 Å². The first kappa shape index (κ1) is 15.4. The fourth-order valence-electron chi connectivity index (χ4n) is 2.66. The summed E-state index contributed by atoms with van der Waals surface area (Å²) in [6, 6.07) is 7.44. The molecule has 0 radical (unpaired) electrons. The maximum atomic E-state index is 12.4. The quantitative estimate of drug-likeness (QED) is 0.804. The van der Waals surface area contributed by atoms with Gasteiger partial charge in [-0.3, -0.25) is 14.2 Å². The molecule has 0 spiro atoms. The van der Waals surface area contributed by atoms with Gasteiger partial charge in [-0.15, -0.1) is 11.3 Å². The van der Waals surface area contributed by atoms with Crippen molar-refractivity contribution in [2.24, 2.45) is 0 Å². The van der Waals surface area contributed by atoms with Crippen LogP contribution in [-0.2, 0) is 11.3 Å². The van der Waals surface area contributed by atoms with Gasteiger partial charge < -0.3 is 5.32 Å². The van der Waals surface area contributed by atoms with Crippen molar-refractivity contribution < 1.29 is 4.79 Å². The van der Waals surface area contributed by atoms with Crippen LogP contribution in [0.3, 0.4) is 0 Å². The molecule has 0 aliphatic heterocycles. The third kappa shape index (κ3) is 3.03. The van der Waals surface area contributed by atoms with E-state index in [0.717, 1.165) is 27.7 Å². The number of pyridine rings is 1. The van der Waals surface area contributed by atoms with Gasteiger partial charge in [-0.1, -0.05) is 18.2 Å². The Balaban J connectivity index is 1.99. The minimum atomic E-state index is -0.255. The van der Waals surface area contributed by atoms with Crippen LogP contribution in [0.15, 0.2) is 34.4 Å². The number of fused-ring (bicyclic) bond motifs is 1. The second kappa shape index (κ2) is 5.96. The Hall–Kier alpha value is -2.47. The van der Waals surface area contributed by atoms with Gasteiger partial charge in [0.2, 0.25) is 5.91 Å². The average Bonchev–Trinajstić information content (AvgIpc) is 2.88. The summed E-state index contributed by atoms with van der Waals surface area (Å²) in [5, 5.41) is 6.15. The number of aryl methyl sites for hydroxylation is 3. The van der Waals surface area contributed by atoms with Gasteiger partial charge in [0, 0.05) is 16.8 Å². The number of amides is 1. The molecule has 118 valence electrons. The molecule has 5 nitrogen and oxygen atoms in total. The zero-order chi connectivity index (χ0) is 16.6. The number of carbonyl (C=O) groups excluding carboxylic acids is 1. The van der Waals surface area contributed by atoms with E-state index >= 15 is 0 Å². The molecule has 0 fully saturated rings. The number of hydrogen-bond acceptors (Lipinski definition) is 4. The van der Waals surface area contributed by atoms with E-state index < -0.39 is 0 Å². The number of thiazole rings is 1. The summed E-state index contributed by atoms with van der Waals surface area (Å²) in [6.45, 7) is 5.69. The lowest BCUT2D eigenvalue weighted by molar-refractivity contribution is -0.116. The molecule has 3 aromatic rings. The third-order valence-electron chi connectivity index (χ3n) is 3.71. The van der Waals surface area contributed by atoms with Gasteiger partial charge in [0.15, 0.2) is 5.13 Å². The SMILES string of the molecule is Cc1csc(NC(=O)Cn2c(=O)cc(C)c3cccc(C)c32)n1. The van der Waals surface area contributed by atoms with Crippen LogP contribution in [0, 0.1) is 20.8 Å². The number of rotatable bonds is 3. The molecule has 0 bridgehead atoms. The Morgan fingerprint density at radius 1 is 1.26 bits per heavy atom. The largest absolute Gasteiger partial charge is 0.300 e. The van der Waals surface area contributed by atoms with Gasteiger partial charge in [0.05, 0.1) is 11.2 Å². The predicted octanol–water partition coefficient (Wildman–Crippen LogP) is 3.02. The Kier molecular flexibility index (Phi) is 4.00. The standard InChI is InChI=1S/C17H17N3O2S/c1-10-5-4-6-13-11(2)7-15(22)20(16(10)13)8-14(21)19-17-18-12(3)9-23-17/h4-7,9H,8H2,1-3H3,(H,18,19,21). The molecule has 3 rings (SSSR count). The van der Waals surface area contributed by atoms with Crippen molar-refractivity contribution in [3.63, 3.8) is 0 Å². The third-order valence-corrected chi connectivity index (χ3v) is 4.58. The van der Waals surface area contributed by atoms with E-state index in [-0.39, 0.29) is 18.0 Å². The summed E-state index contributed by atoms with van der Waals surface area (Å²) >= 11 is 1.37. The van der Waals surface area contributed by atoms with Crippen LogP contribution in [0.5, 0.6) is 0 Å². The maximum absolute atomic E-state index is 12.4. The highest BCUT2D eigenvalue weighted by Crippen LogP contribution is 2.20. The number of nitrogens with one attached hydrogen (secondary N) is 1. The van der Waals surface area contributed by atoms with Crippen molar-refractivity contribution >= 4 is 33.3 Å². The van der Waals surface area contributed by atoms with Crippen LogP contribution in [-0.4, -0.2) is 15.5 Å². The number of para-hydroxylation sites is 1. The van der Waals surface area contributed by atoms with Gasteiger partial charge in [-0.2, -0.15) is 0 Å². The molecule has 1 aromatic carbocycles. The number of nitrogens with zero attached hydrogens (tertiary/aromatic N) is 2. The second-order valence-corrected chi connectivity index (χ2v) is 6.42. The van der Waals surface area contributed by atoms with E-state index in [4.69, 9.17) is 0 Å². The lowest BCUT2D eigenvalue weighted by atomic mass is 10.1. The monoisotopic (exact) mass is 327 g/mol. The second-order valence-electron chi connectivity index (χ2n) is 5.57. The van der Waals surface area contributed by atoms with Crippen molar-refractivity contribution in [2.45, 2.75) is 27.3 Å². The zero-order valence-corrected chi connectivity index (χ0v) is 14.0. The molecule has 1 amide bonds. The van der Waals surface area contributed by atoms with E-state index in [9.17, 15) is 9.59 Å². The highest BCUT2D eigenvalue weighted by Gasteiger charge is 2.13. The van der Waals surface area contributed by atoms with Crippen molar-refractivity contribution in [3.8, 4) is 0 Å². The number of carbonyl (C=O) groups is 1. The summed E-state index contributed by atoms with van der Waals surface area (Å²) in [4.78, 5) is 28.9. The van der Waals surface area contributed by atoms with Crippen LogP contribution in [0.25, 0.3) is 10.9 Å². The van der Waals surface area contributed by atoms with Gasteiger partial charge in [0.25, 0.3) is 5.56 Å². The Labute approximate surface area is 137 Å². The molecule has 6 heteroatoms. The fourth-order valence-corrected chi connectivity index (χ4v) is 3.36. The minimum Gasteiger partial charge on any atom is -0.300 e. The minimum absolute atomic E-state index is 0.0287. The average molecular weight is 327 g/mol. The summed E-state index contributed by atoms with van der Waals surface area (Å²) in [6.07, 6.45) is 0. The smallest absolute Gasteiger partial charge is 0.251 e. The molecule has 0 saturated carbocycles. The molecule has 1 N–H and O–H groups in total. The lowest BCUT2D eigenvalue weighted by Crippen LogP contribution is -2.28. The Morgan fingerprint density at radius 3 is 2.74 bits per heavy atom. The van der Waals surface area contributed by atoms with Crippen molar-refractivity contribution in [1.82, 2.24) is 9.55 Å². The number of hydrogen-bond donors (Lipinski definition) is 1. The number of aromatic nitrogens is 2. The molecular weight excluding hydrogens is 310 g/mol. The summed E-state index contributed by atoms with van der Waals surface area (Å²) in [5.41, 5.74) is 3.39. The van der Waals surface area contributed by atoms with Gasteiger partial charge in [-0.25, -0.2) is 4.98 Å². The molecule has 0 unspecified atom stereocenters. The predicted molar refractivity (Wildman–Crippen MR) is 93.2 cm³/mol. The Bertz CT molecular complexity index is 956. The maximum Gasteiger partial charge on any atom is 0.251 e. The molecule has 0 saturated heterocycles. The van der Waals surface area contributed by atoms with Crippen LogP contribution < -0.4 is 10.9 Å². The Morgan fingerprint density at radius 2 is 2.04 bits per heavy atom. The normalized spacial score (nSPS) is 10.9. The van der Waals surface area contributed by atoms with Crippen molar-refractivity contribution in [2.75, 3.05) is 5.32 Å². The first-order valence-electron chi connectivity index (χ1n) is 7.27. The van der Waals surface area contributed by atoms with E-state index in [2.05, 4.69) is 10.3 Å². The first-order chi connectivity index (χ1) is 11.0. The van der Waals surface area contributed by atoms with Crippen molar-refractivity contribution in [3.05, 3.63) is 56.8 Å². The fraction of sp³-hybridized carbons (Fsp3) is 0.235. The van der Waals surface area contributed by atoms with E-state index in [1.165, 1.54) is 15.9 Å². The van der Waals surface area contributed by atoms with E-state index in [1.54, 1.807) is 6.07 Å². The van der Waals surface area contributed by atoms with Gasteiger partial charge in [-0.05, 0) is 31.9 Å². The highest BCUT2D eigenvalue weighted by atomic mass is 32.1. The molecule has 2 aromatic heterocycles. The van der Waals surface area contributed by atoms with E-state index in [1.807, 2.05) is 44.4 Å². The van der Waals surface area contributed by atoms with Crippen LogP contribution in [0.4, 0.5) is 5.13 Å². The van der Waals surface area contributed by atoms with Gasteiger partial charge >= 0.3 is 0 Å². The molecule has 0 atom stereocenters. The van der Waals surface area contributed by atoms with Crippen LogP contribution >= 0.6 is 11.3 Å². The van der Waals surface area contributed by atoms with Crippen LogP contribution in [0.1, 0.15) is 16.8 Å².